The van der Waals surface area contributed by atoms with E-state index in [2.05, 4.69) is 15.4 Å². The van der Waals surface area contributed by atoms with Gasteiger partial charge in [0.05, 0.1) is 7.11 Å². The van der Waals surface area contributed by atoms with Gasteiger partial charge in [0.1, 0.15) is 17.2 Å². The number of aromatic nitrogens is 2. The van der Waals surface area contributed by atoms with Gasteiger partial charge in [0, 0.05) is 4.90 Å². The van der Waals surface area contributed by atoms with Gasteiger partial charge in [-0.25, -0.2) is 20.2 Å². The van der Waals surface area contributed by atoms with Crippen molar-refractivity contribution in [2.75, 3.05) is 12.5 Å². The van der Waals surface area contributed by atoms with Crippen molar-refractivity contribution in [3.8, 4) is 5.75 Å². The molecule has 0 saturated heterocycles. The first-order chi connectivity index (χ1) is 8.74. The average molecular weight is 266 g/mol. The smallest absolute Gasteiger partial charge is 0.195 e. The third-order valence-electron chi connectivity index (χ3n) is 2.14. The fourth-order valence-corrected chi connectivity index (χ4v) is 2.20. The molecular weight excluding hydrogens is 255 g/mol. The highest BCUT2D eigenvalue weighted by molar-refractivity contribution is 7.99. The molecule has 94 valence electrons. The Kier molecular flexibility index (Phi) is 3.96. The van der Waals surface area contributed by atoms with Gasteiger partial charge in [0.15, 0.2) is 11.6 Å². The molecule has 0 fully saturated rings. The van der Waals surface area contributed by atoms with E-state index in [1.54, 1.807) is 12.1 Å². The van der Waals surface area contributed by atoms with Crippen LogP contribution in [0.4, 0.5) is 10.2 Å². The Morgan fingerprint density at radius 3 is 2.61 bits per heavy atom. The lowest BCUT2D eigenvalue weighted by Crippen LogP contribution is -2.10. The van der Waals surface area contributed by atoms with Crippen LogP contribution >= 0.6 is 11.8 Å². The second-order valence-electron chi connectivity index (χ2n) is 3.26. The second kappa shape index (κ2) is 5.65. The number of hydrazine groups is 1. The SMILES string of the molecule is COc1c(NN)ncnc1Sc1ccc(F)cc1. The van der Waals surface area contributed by atoms with Crippen molar-refractivity contribution in [1.82, 2.24) is 9.97 Å². The number of benzene rings is 1. The van der Waals surface area contributed by atoms with Crippen molar-refractivity contribution in [3.05, 3.63) is 36.4 Å². The van der Waals surface area contributed by atoms with Gasteiger partial charge in [-0.3, -0.25) is 0 Å². The summed E-state index contributed by atoms with van der Waals surface area (Å²) in [6.07, 6.45) is 1.38. The first kappa shape index (κ1) is 12.6. The van der Waals surface area contributed by atoms with Crippen LogP contribution in [0.15, 0.2) is 40.5 Å². The van der Waals surface area contributed by atoms with Gasteiger partial charge in [0.2, 0.25) is 0 Å². The number of hydrogen-bond acceptors (Lipinski definition) is 6. The molecule has 7 heteroatoms. The molecule has 2 rings (SSSR count). The first-order valence-electron chi connectivity index (χ1n) is 5.03. The predicted molar refractivity (Wildman–Crippen MR) is 66.9 cm³/mol. The molecule has 0 bridgehead atoms. The van der Waals surface area contributed by atoms with Gasteiger partial charge in [-0.2, -0.15) is 0 Å². The average Bonchev–Trinajstić information content (AvgIpc) is 2.41. The van der Waals surface area contributed by atoms with Crippen molar-refractivity contribution < 1.29 is 9.13 Å². The highest BCUT2D eigenvalue weighted by Gasteiger charge is 2.12. The van der Waals surface area contributed by atoms with Gasteiger partial charge >= 0.3 is 0 Å². The van der Waals surface area contributed by atoms with Crippen molar-refractivity contribution in [2.24, 2.45) is 5.84 Å². The molecule has 0 aliphatic heterocycles. The van der Waals surface area contributed by atoms with Gasteiger partial charge < -0.3 is 10.2 Å². The largest absolute Gasteiger partial charge is 0.490 e. The Hall–Kier alpha value is -1.86. The summed E-state index contributed by atoms with van der Waals surface area (Å²) in [4.78, 5) is 8.90. The molecule has 0 saturated carbocycles. The third-order valence-corrected chi connectivity index (χ3v) is 3.13. The van der Waals surface area contributed by atoms with E-state index in [4.69, 9.17) is 10.6 Å². The summed E-state index contributed by atoms with van der Waals surface area (Å²) in [5.74, 6) is 5.90. The van der Waals surface area contributed by atoms with E-state index in [0.29, 0.717) is 16.6 Å². The van der Waals surface area contributed by atoms with Gasteiger partial charge in [-0.15, -0.1) is 0 Å². The summed E-state index contributed by atoms with van der Waals surface area (Å²) in [6, 6.07) is 6.10. The molecule has 0 amide bonds. The Bertz CT molecular complexity index is 535. The molecule has 1 heterocycles. The summed E-state index contributed by atoms with van der Waals surface area (Å²) in [5.41, 5.74) is 2.43. The minimum atomic E-state index is -0.279. The third kappa shape index (κ3) is 2.69. The minimum Gasteiger partial charge on any atom is -0.490 e. The topological polar surface area (TPSA) is 73.1 Å². The number of anilines is 1. The minimum absolute atomic E-state index is 0.279. The highest BCUT2D eigenvalue weighted by atomic mass is 32.2. The maximum atomic E-state index is 12.8. The summed E-state index contributed by atoms with van der Waals surface area (Å²) < 4.78 is 18.0. The molecule has 5 nitrogen and oxygen atoms in total. The Labute approximate surface area is 108 Å². The quantitative estimate of drug-likeness (QED) is 0.501. The van der Waals surface area contributed by atoms with E-state index in [1.807, 2.05) is 0 Å². The van der Waals surface area contributed by atoms with Crippen LogP contribution < -0.4 is 16.0 Å². The molecule has 1 aromatic carbocycles. The number of rotatable bonds is 4. The number of nitrogens with one attached hydrogen (secondary N) is 1. The van der Waals surface area contributed by atoms with Crippen LogP contribution in [0.25, 0.3) is 0 Å². The van der Waals surface area contributed by atoms with Gasteiger partial charge in [0.25, 0.3) is 0 Å². The Morgan fingerprint density at radius 1 is 1.28 bits per heavy atom. The number of ether oxygens (including phenoxy) is 1. The van der Waals surface area contributed by atoms with Crippen LogP contribution in [0.5, 0.6) is 5.75 Å². The van der Waals surface area contributed by atoms with E-state index in [9.17, 15) is 4.39 Å². The summed E-state index contributed by atoms with van der Waals surface area (Å²) in [5, 5.41) is 0.604. The van der Waals surface area contributed by atoms with Crippen LogP contribution in [0.3, 0.4) is 0 Å². The van der Waals surface area contributed by atoms with Crippen LogP contribution in [-0.2, 0) is 0 Å². The van der Waals surface area contributed by atoms with E-state index in [1.165, 1.54) is 37.3 Å². The lowest BCUT2D eigenvalue weighted by Gasteiger charge is -2.10. The van der Waals surface area contributed by atoms with Gasteiger partial charge in [-0.1, -0.05) is 11.8 Å². The van der Waals surface area contributed by atoms with Crippen LogP contribution in [0.1, 0.15) is 0 Å². The molecular formula is C11H11FN4OS. The zero-order chi connectivity index (χ0) is 13.0. The van der Waals surface area contributed by atoms with Crippen molar-refractivity contribution in [2.45, 2.75) is 9.92 Å². The number of methoxy groups -OCH3 is 1. The van der Waals surface area contributed by atoms with Crippen LogP contribution in [0.2, 0.25) is 0 Å². The number of nitrogens with zero attached hydrogens (tertiary/aromatic N) is 2. The Morgan fingerprint density at radius 2 is 2.00 bits per heavy atom. The zero-order valence-electron chi connectivity index (χ0n) is 9.55. The molecule has 18 heavy (non-hydrogen) atoms. The highest BCUT2D eigenvalue weighted by Crippen LogP contribution is 2.36. The lowest BCUT2D eigenvalue weighted by molar-refractivity contribution is 0.400. The molecule has 3 N–H and O–H groups in total. The molecule has 0 radical (unpaired) electrons. The summed E-state index contributed by atoms with van der Waals surface area (Å²) in [7, 11) is 1.51. The molecule has 0 aliphatic carbocycles. The van der Waals surface area contributed by atoms with Crippen molar-refractivity contribution >= 4 is 17.6 Å². The molecule has 0 aliphatic rings. The fourth-order valence-electron chi connectivity index (χ4n) is 1.33. The molecule has 0 unspecified atom stereocenters. The monoisotopic (exact) mass is 266 g/mol. The van der Waals surface area contributed by atoms with E-state index in [-0.39, 0.29) is 5.82 Å². The molecule has 0 spiro atoms. The maximum Gasteiger partial charge on any atom is 0.195 e. The standard InChI is InChI=1S/C11H11FN4OS/c1-17-9-10(16-13)14-6-15-11(9)18-8-4-2-7(12)3-5-8/h2-6H,13H2,1H3,(H,14,15,16). The molecule has 0 atom stereocenters. The molecule has 2 aromatic rings. The summed E-state index contributed by atoms with van der Waals surface area (Å²) >= 11 is 1.34. The number of nitrogens with two attached hydrogens (primary N) is 1. The number of halogens is 1. The first-order valence-corrected chi connectivity index (χ1v) is 5.85. The normalized spacial score (nSPS) is 10.2. The van der Waals surface area contributed by atoms with Crippen LogP contribution in [-0.4, -0.2) is 17.1 Å². The Balaban J connectivity index is 2.31. The number of nitrogen functional groups attached to an aromatic ring is 1. The summed E-state index contributed by atoms with van der Waals surface area (Å²) in [6.45, 7) is 0. The number of hydrogen-bond donors (Lipinski definition) is 2. The van der Waals surface area contributed by atoms with Crippen molar-refractivity contribution in [1.29, 1.82) is 0 Å². The van der Waals surface area contributed by atoms with E-state index >= 15 is 0 Å². The van der Waals surface area contributed by atoms with E-state index in [0.717, 1.165) is 4.90 Å². The second-order valence-corrected chi connectivity index (χ2v) is 4.32. The maximum absolute atomic E-state index is 12.8. The predicted octanol–water partition coefficient (Wildman–Crippen LogP) is 2.06. The van der Waals surface area contributed by atoms with Crippen LogP contribution in [0, 0.1) is 5.82 Å². The fraction of sp³-hybridized carbons (Fsp3) is 0.0909. The van der Waals surface area contributed by atoms with Gasteiger partial charge in [-0.05, 0) is 24.3 Å². The zero-order valence-corrected chi connectivity index (χ0v) is 10.4. The van der Waals surface area contributed by atoms with E-state index < -0.39 is 0 Å². The molecule has 1 aromatic heterocycles. The van der Waals surface area contributed by atoms with Crippen molar-refractivity contribution in [3.63, 3.8) is 0 Å². The lowest BCUT2D eigenvalue weighted by atomic mass is 10.4.